The molecule has 2 aliphatic heterocycles. The number of nitrogens with zero attached hydrogens (tertiary/aromatic N) is 2. The number of nitrogens with one attached hydrogen (secondary N) is 3. The van der Waals surface area contributed by atoms with Crippen LogP contribution >= 0.6 is 11.6 Å². The number of hydrogen-bond acceptors (Lipinski definition) is 8. The van der Waals surface area contributed by atoms with E-state index in [9.17, 15) is 9.90 Å². The average molecular weight is 504 g/mol. The van der Waals surface area contributed by atoms with Crippen LogP contribution in [-0.2, 0) is 11.3 Å². The largest absolute Gasteiger partial charge is 0.495 e. The average Bonchev–Trinajstić information content (AvgIpc) is 3.37. The molecule has 0 saturated carbocycles. The predicted molar refractivity (Wildman–Crippen MR) is 137 cm³/mol. The SMILES string of the molecule is COc1ccc(CNc2cc(N3CCCC3CO)cnc2C(=O)NC(C)C2CNCCO2)cc1Cl. The summed E-state index contributed by atoms with van der Waals surface area (Å²) in [6, 6.07) is 7.39. The molecule has 3 atom stereocenters. The number of carbonyl (C=O) groups excluding carboxylic acids is 1. The van der Waals surface area contributed by atoms with Crippen molar-refractivity contribution in [2.45, 2.75) is 44.5 Å². The highest BCUT2D eigenvalue weighted by Crippen LogP contribution is 2.30. The van der Waals surface area contributed by atoms with Crippen LogP contribution in [0.5, 0.6) is 5.75 Å². The number of benzene rings is 1. The number of aliphatic hydroxyl groups is 1. The minimum Gasteiger partial charge on any atom is -0.495 e. The molecule has 0 radical (unpaired) electrons. The predicted octanol–water partition coefficient (Wildman–Crippen LogP) is 2.42. The van der Waals surface area contributed by atoms with Crippen molar-refractivity contribution >= 4 is 28.9 Å². The first-order valence-corrected chi connectivity index (χ1v) is 12.4. The highest BCUT2D eigenvalue weighted by molar-refractivity contribution is 6.32. The number of ether oxygens (including phenoxy) is 2. The summed E-state index contributed by atoms with van der Waals surface area (Å²) in [5.41, 5.74) is 2.74. The van der Waals surface area contributed by atoms with Gasteiger partial charge in [-0.15, -0.1) is 0 Å². The Morgan fingerprint density at radius 3 is 3.00 bits per heavy atom. The van der Waals surface area contributed by atoms with E-state index < -0.39 is 0 Å². The van der Waals surface area contributed by atoms with Crippen molar-refractivity contribution in [1.29, 1.82) is 0 Å². The van der Waals surface area contributed by atoms with Gasteiger partial charge in [0.05, 0.1) is 61.1 Å². The Balaban J connectivity index is 1.55. The number of amides is 1. The molecule has 0 bridgehead atoms. The number of aromatic nitrogens is 1. The van der Waals surface area contributed by atoms with Crippen molar-refractivity contribution in [1.82, 2.24) is 15.6 Å². The molecule has 1 aromatic carbocycles. The Kier molecular flexibility index (Phi) is 8.67. The molecule has 35 heavy (non-hydrogen) atoms. The van der Waals surface area contributed by atoms with Crippen molar-refractivity contribution in [3.05, 3.63) is 46.7 Å². The van der Waals surface area contributed by atoms with Gasteiger partial charge in [0.25, 0.3) is 5.91 Å². The fourth-order valence-electron chi connectivity index (χ4n) is 4.58. The molecule has 10 heteroatoms. The zero-order valence-corrected chi connectivity index (χ0v) is 21.0. The second-order valence-electron chi connectivity index (χ2n) is 8.96. The van der Waals surface area contributed by atoms with Gasteiger partial charge in [0.15, 0.2) is 5.69 Å². The number of pyridine rings is 1. The molecule has 0 spiro atoms. The smallest absolute Gasteiger partial charge is 0.272 e. The van der Waals surface area contributed by atoms with Crippen molar-refractivity contribution in [2.75, 3.05) is 50.2 Å². The lowest BCUT2D eigenvalue weighted by molar-refractivity contribution is 0.00856. The van der Waals surface area contributed by atoms with Gasteiger partial charge in [-0.3, -0.25) is 4.79 Å². The molecule has 2 fully saturated rings. The third kappa shape index (κ3) is 6.16. The van der Waals surface area contributed by atoms with Gasteiger partial charge in [-0.25, -0.2) is 4.98 Å². The lowest BCUT2D eigenvalue weighted by Crippen LogP contribution is -2.51. The summed E-state index contributed by atoms with van der Waals surface area (Å²) in [5.74, 6) is 0.338. The number of carbonyl (C=O) groups is 1. The van der Waals surface area contributed by atoms with Crippen molar-refractivity contribution < 1.29 is 19.4 Å². The van der Waals surface area contributed by atoms with E-state index in [-0.39, 0.29) is 30.7 Å². The van der Waals surface area contributed by atoms with E-state index in [4.69, 9.17) is 21.1 Å². The fourth-order valence-corrected chi connectivity index (χ4v) is 4.86. The first-order valence-electron chi connectivity index (χ1n) is 12.1. The molecular weight excluding hydrogens is 470 g/mol. The molecular formula is C25H34ClN5O4. The van der Waals surface area contributed by atoms with Crippen LogP contribution in [0, 0.1) is 0 Å². The van der Waals surface area contributed by atoms with Gasteiger partial charge in [0, 0.05) is 26.2 Å². The second kappa shape index (κ2) is 11.9. The standard InChI is InChI=1S/C25H34ClN5O4/c1-16(23-14-27-7-9-35-23)30-25(33)24-21(28-12-17-5-6-22(34-2)20(26)10-17)11-19(13-29-24)31-8-3-4-18(31)15-32/h5-6,10-11,13,16,18,23,27-28,32H,3-4,7-9,12,14-15H2,1-2H3,(H,30,33). The zero-order chi connectivity index (χ0) is 24.8. The number of methoxy groups -OCH3 is 1. The third-order valence-corrected chi connectivity index (χ3v) is 6.88. The maximum atomic E-state index is 13.2. The lowest BCUT2D eigenvalue weighted by atomic mass is 10.1. The van der Waals surface area contributed by atoms with Gasteiger partial charge in [0.1, 0.15) is 5.75 Å². The second-order valence-corrected chi connectivity index (χ2v) is 9.37. The summed E-state index contributed by atoms with van der Waals surface area (Å²) < 4.78 is 11.0. The number of anilines is 2. The van der Waals surface area contributed by atoms with Crippen LogP contribution in [0.1, 0.15) is 35.8 Å². The van der Waals surface area contributed by atoms with E-state index in [1.54, 1.807) is 13.3 Å². The number of morpholine rings is 1. The highest BCUT2D eigenvalue weighted by Gasteiger charge is 2.27. The van der Waals surface area contributed by atoms with E-state index >= 15 is 0 Å². The van der Waals surface area contributed by atoms with Crippen LogP contribution in [0.2, 0.25) is 5.02 Å². The summed E-state index contributed by atoms with van der Waals surface area (Å²) in [5, 5.41) is 20.0. The third-order valence-electron chi connectivity index (χ3n) is 6.58. The normalized spacial score (nSPS) is 21.0. The van der Waals surface area contributed by atoms with Gasteiger partial charge in [-0.05, 0) is 43.5 Å². The van der Waals surface area contributed by atoms with Crippen LogP contribution in [0.3, 0.4) is 0 Å². The van der Waals surface area contributed by atoms with Gasteiger partial charge in [-0.1, -0.05) is 17.7 Å². The molecule has 2 saturated heterocycles. The molecule has 1 amide bonds. The van der Waals surface area contributed by atoms with Crippen molar-refractivity contribution in [3.63, 3.8) is 0 Å². The summed E-state index contributed by atoms with van der Waals surface area (Å²) in [6.07, 6.45) is 3.55. The molecule has 9 nitrogen and oxygen atoms in total. The van der Waals surface area contributed by atoms with Crippen LogP contribution in [-0.4, -0.2) is 74.1 Å². The Morgan fingerprint density at radius 2 is 2.29 bits per heavy atom. The van der Waals surface area contributed by atoms with Gasteiger partial charge >= 0.3 is 0 Å². The summed E-state index contributed by atoms with van der Waals surface area (Å²) >= 11 is 6.29. The van der Waals surface area contributed by atoms with E-state index in [1.807, 2.05) is 31.2 Å². The van der Waals surface area contributed by atoms with Gasteiger partial charge in [0.2, 0.25) is 0 Å². The zero-order valence-electron chi connectivity index (χ0n) is 20.2. The maximum Gasteiger partial charge on any atom is 0.272 e. The number of halogens is 1. The fraction of sp³-hybridized carbons (Fsp3) is 0.520. The Labute approximate surface area is 211 Å². The molecule has 4 N–H and O–H groups in total. The first kappa shape index (κ1) is 25.5. The maximum absolute atomic E-state index is 13.2. The minimum atomic E-state index is -0.270. The van der Waals surface area contributed by atoms with Crippen LogP contribution in [0.4, 0.5) is 11.4 Å². The summed E-state index contributed by atoms with van der Waals surface area (Å²) in [7, 11) is 1.58. The monoisotopic (exact) mass is 503 g/mol. The van der Waals surface area contributed by atoms with E-state index in [0.29, 0.717) is 41.8 Å². The van der Waals surface area contributed by atoms with Crippen molar-refractivity contribution in [2.24, 2.45) is 0 Å². The minimum absolute atomic E-state index is 0.0562. The quantitative estimate of drug-likeness (QED) is 0.413. The lowest BCUT2D eigenvalue weighted by Gasteiger charge is -2.29. The molecule has 1 aromatic heterocycles. The van der Waals surface area contributed by atoms with E-state index in [1.165, 1.54) is 0 Å². The molecule has 2 aromatic rings. The van der Waals surface area contributed by atoms with Gasteiger partial charge in [-0.2, -0.15) is 0 Å². The van der Waals surface area contributed by atoms with Crippen molar-refractivity contribution in [3.8, 4) is 5.75 Å². The number of aliphatic hydroxyl groups excluding tert-OH is 1. The highest BCUT2D eigenvalue weighted by atomic mass is 35.5. The first-order chi connectivity index (χ1) is 17.0. The number of hydrogen-bond donors (Lipinski definition) is 4. The van der Waals surface area contributed by atoms with Gasteiger partial charge < -0.3 is 35.4 Å². The van der Waals surface area contributed by atoms with Crippen LogP contribution in [0.25, 0.3) is 0 Å². The molecule has 2 aliphatic rings. The van der Waals surface area contributed by atoms with E-state index in [0.717, 1.165) is 37.2 Å². The molecule has 190 valence electrons. The summed E-state index contributed by atoms with van der Waals surface area (Å²) in [4.78, 5) is 19.9. The molecule has 4 rings (SSSR count). The Morgan fingerprint density at radius 1 is 1.43 bits per heavy atom. The summed E-state index contributed by atoms with van der Waals surface area (Å²) in [6.45, 7) is 5.44. The molecule has 3 unspecified atom stereocenters. The topological polar surface area (TPSA) is 108 Å². The van der Waals surface area contributed by atoms with Crippen LogP contribution in [0.15, 0.2) is 30.5 Å². The molecule has 3 heterocycles. The van der Waals surface area contributed by atoms with Crippen LogP contribution < -0.4 is 25.6 Å². The Hall–Kier alpha value is -2.59. The Bertz CT molecular complexity index is 1020. The van der Waals surface area contributed by atoms with E-state index in [2.05, 4.69) is 25.8 Å². The number of rotatable bonds is 9. The molecule has 0 aliphatic carbocycles.